The molecular formula is C66H44N2. The zero-order valence-electron chi connectivity index (χ0n) is 37.3. The van der Waals surface area contributed by atoms with Crippen LogP contribution in [0.5, 0.6) is 0 Å². The van der Waals surface area contributed by atoms with Gasteiger partial charge in [0.1, 0.15) is 0 Å². The highest BCUT2D eigenvalue weighted by molar-refractivity contribution is 6.12. The van der Waals surface area contributed by atoms with Crippen molar-refractivity contribution in [2.45, 2.75) is 0 Å². The van der Waals surface area contributed by atoms with Crippen molar-refractivity contribution in [3.05, 3.63) is 267 Å². The number of para-hydroxylation sites is 2. The Morgan fingerprint density at radius 3 is 0.853 bits per heavy atom. The Hall–Kier alpha value is -8.98. The Kier molecular flexibility index (Phi) is 9.54. The van der Waals surface area contributed by atoms with E-state index in [9.17, 15) is 0 Å². The van der Waals surface area contributed by atoms with Crippen LogP contribution >= 0.6 is 0 Å². The van der Waals surface area contributed by atoms with Gasteiger partial charge in [0.05, 0.1) is 22.1 Å². The summed E-state index contributed by atoms with van der Waals surface area (Å²) in [6.45, 7) is 0. The fourth-order valence-corrected chi connectivity index (χ4v) is 10.3. The van der Waals surface area contributed by atoms with Gasteiger partial charge in [-0.3, -0.25) is 0 Å². The lowest BCUT2D eigenvalue weighted by Crippen LogP contribution is -1.94. The van der Waals surface area contributed by atoms with E-state index in [0.29, 0.717) is 0 Å². The first-order valence-corrected chi connectivity index (χ1v) is 23.4. The van der Waals surface area contributed by atoms with E-state index in [0.717, 1.165) is 11.4 Å². The second-order valence-corrected chi connectivity index (χ2v) is 17.7. The third kappa shape index (κ3) is 6.90. The molecule has 0 aliphatic rings. The first-order chi connectivity index (χ1) is 33.7. The largest absolute Gasteiger partial charge is 0.309 e. The molecule has 11 aromatic carbocycles. The molecule has 13 aromatic rings. The molecule has 0 saturated heterocycles. The number of aromatic nitrogens is 2. The molecule has 68 heavy (non-hydrogen) atoms. The van der Waals surface area contributed by atoms with Gasteiger partial charge in [-0.25, -0.2) is 0 Å². The van der Waals surface area contributed by atoms with Crippen molar-refractivity contribution >= 4 is 43.6 Å². The van der Waals surface area contributed by atoms with Crippen LogP contribution in [0.15, 0.2) is 267 Å². The highest BCUT2D eigenvalue weighted by atomic mass is 15.0. The average Bonchev–Trinajstić information content (AvgIpc) is 3.94. The molecule has 0 saturated carbocycles. The van der Waals surface area contributed by atoms with Gasteiger partial charge in [-0.15, -0.1) is 0 Å². The van der Waals surface area contributed by atoms with Crippen LogP contribution in [0.25, 0.3) is 122 Å². The van der Waals surface area contributed by atoms with Gasteiger partial charge in [0, 0.05) is 32.9 Å². The van der Waals surface area contributed by atoms with Crippen molar-refractivity contribution in [2.24, 2.45) is 0 Å². The quantitative estimate of drug-likeness (QED) is 0.144. The molecular weight excluding hydrogens is 821 g/mol. The van der Waals surface area contributed by atoms with Crippen molar-refractivity contribution < 1.29 is 0 Å². The molecule has 0 N–H and O–H groups in total. The average molecular weight is 865 g/mol. The molecule has 2 heteroatoms. The minimum atomic E-state index is 1.14. The lowest BCUT2D eigenvalue weighted by atomic mass is 9.95. The summed E-state index contributed by atoms with van der Waals surface area (Å²) < 4.78 is 4.80. The zero-order valence-corrected chi connectivity index (χ0v) is 37.3. The first kappa shape index (κ1) is 39.4. The number of benzene rings is 11. The fourth-order valence-electron chi connectivity index (χ4n) is 10.3. The molecule has 2 aromatic heterocycles. The lowest BCUT2D eigenvalue weighted by Gasteiger charge is -2.11. The molecule has 0 aliphatic carbocycles. The second kappa shape index (κ2) is 16.5. The van der Waals surface area contributed by atoms with Gasteiger partial charge in [0.25, 0.3) is 0 Å². The minimum Gasteiger partial charge on any atom is -0.309 e. The molecule has 2 heterocycles. The molecule has 0 unspecified atom stereocenters. The monoisotopic (exact) mass is 864 g/mol. The number of fused-ring (bicyclic) bond motifs is 6. The molecule has 0 atom stereocenters. The van der Waals surface area contributed by atoms with Crippen molar-refractivity contribution in [3.63, 3.8) is 0 Å². The van der Waals surface area contributed by atoms with Crippen LogP contribution in [-0.4, -0.2) is 9.13 Å². The van der Waals surface area contributed by atoms with Crippen LogP contribution < -0.4 is 0 Å². The Morgan fingerprint density at radius 1 is 0.162 bits per heavy atom. The topological polar surface area (TPSA) is 9.86 Å². The molecule has 2 nitrogen and oxygen atoms in total. The Morgan fingerprint density at radius 2 is 0.426 bits per heavy atom. The van der Waals surface area contributed by atoms with Gasteiger partial charge < -0.3 is 9.13 Å². The minimum absolute atomic E-state index is 1.14. The number of hydrogen-bond acceptors (Lipinski definition) is 0. The van der Waals surface area contributed by atoms with Gasteiger partial charge in [-0.05, 0) is 140 Å². The van der Waals surface area contributed by atoms with Gasteiger partial charge in [0.15, 0.2) is 0 Å². The van der Waals surface area contributed by atoms with Crippen LogP contribution in [0.4, 0.5) is 0 Å². The van der Waals surface area contributed by atoms with E-state index >= 15 is 0 Å². The highest BCUT2D eigenvalue weighted by Gasteiger charge is 2.17. The maximum Gasteiger partial charge on any atom is 0.0541 e. The summed E-state index contributed by atoms with van der Waals surface area (Å²) in [5, 5.41) is 4.98. The maximum absolute atomic E-state index is 2.41. The van der Waals surface area contributed by atoms with E-state index in [1.807, 2.05) is 0 Å². The van der Waals surface area contributed by atoms with Crippen LogP contribution in [-0.2, 0) is 0 Å². The molecule has 0 spiro atoms. The van der Waals surface area contributed by atoms with Crippen LogP contribution in [0.3, 0.4) is 0 Å². The van der Waals surface area contributed by atoms with Crippen molar-refractivity contribution in [1.82, 2.24) is 9.13 Å². The molecule has 13 rings (SSSR count). The summed E-state index contributed by atoms with van der Waals surface area (Å²) in [4.78, 5) is 0. The summed E-state index contributed by atoms with van der Waals surface area (Å²) in [5.74, 6) is 0. The van der Waals surface area contributed by atoms with Crippen LogP contribution in [0.1, 0.15) is 0 Å². The van der Waals surface area contributed by atoms with E-state index < -0.39 is 0 Å². The Balaban J connectivity index is 0.798. The van der Waals surface area contributed by atoms with E-state index in [1.165, 1.54) is 110 Å². The molecule has 0 aliphatic heterocycles. The van der Waals surface area contributed by atoms with Gasteiger partial charge in [-0.1, -0.05) is 194 Å². The van der Waals surface area contributed by atoms with Crippen molar-refractivity contribution in [2.75, 3.05) is 0 Å². The molecule has 0 radical (unpaired) electrons. The van der Waals surface area contributed by atoms with Crippen molar-refractivity contribution in [3.8, 4) is 78.1 Å². The van der Waals surface area contributed by atoms with Gasteiger partial charge >= 0.3 is 0 Å². The molecule has 0 amide bonds. The first-order valence-electron chi connectivity index (χ1n) is 23.4. The predicted molar refractivity (Wildman–Crippen MR) is 288 cm³/mol. The zero-order chi connectivity index (χ0) is 45.0. The standard InChI is InChI=1S/C66H44N2/c1-3-13-45(14-4-1)48-29-35-57(36-30-48)67-63-23-9-7-21-59(63)61-43-55(33-39-65(61)67)56-34-40-66-62(44-56)60-22-8-10-24-64(60)68(66)58-37-31-49(32-38-58)47-25-27-50(28-26-47)52-18-12-20-54(42-52)53-19-11-17-51(41-53)46-15-5-2-6-16-46/h1-44H. The predicted octanol–water partition coefficient (Wildman–Crippen LogP) is 17.9. The van der Waals surface area contributed by atoms with E-state index in [2.05, 4.69) is 276 Å². The normalized spacial score (nSPS) is 11.5. The third-order valence-electron chi connectivity index (χ3n) is 13.8. The highest BCUT2D eigenvalue weighted by Crippen LogP contribution is 2.39. The third-order valence-corrected chi connectivity index (χ3v) is 13.8. The molecule has 0 bridgehead atoms. The van der Waals surface area contributed by atoms with Crippen LogP contribution in [0, 0.1) is 0 Å². The summed E-state index contributed by atoms with van der Waals surface area (Å²) in [5.41, 5.74) is 21.6. The molecule has 318 valence electrons. The number of rotatable bonds is 8. The lowest BCUT2D eigenvalue weighted by molar-refractivity contribution is 1.18. The fraction of sp³-hybridized carbons (Fsp3) is 0. The second-order valence-electron chi connectivity index (χ2n) is 17.7. The summed E-state index contributed by atoms with van der Waals surface area (Å²) in [7, 11) is 0. The summed E-state index contributed by atoms with van der Waals surface area (Å²) in [6.07, 6.45) is 0. The van der Waals surface area contributed by atoms with E-state index in [1.54, 1.807) is 0 Å². The number of hydrogen-bond donors (Lipinski definition) is 0. The van der Waals surface area contributed by atoms with E-state index in [-0.39, 0.29) is 0 Å². The Bertz CT molecular complexity index is 3970. The summed E-state index contributed by atoms with van der Waals surface area (Å²) >= 11 is 0. The summed E-state index contributed by atoms with van der Waals surface area (Å²) in [6, 6.07) is 97.3. The van der Waals surface area contributed by atoms with Gasteiger partial charge in [0.2, 0.25) is 0 Å². The molecule has 0 fully saturated rings. The number of nitrogens with zero attached hydrogens (tertiary/aromatic N) is 2. The van der Waals surface area contributed by atoms with Crippen molar-refractivity contribution in [1.29, 1.82) is 0 Å². The SMILES string of the molecule is c1ccc(-c2ccc(-n3c4ccccc4c4cc(-c5ccc6c(c5)c5ccccc5n6-c5ccc(-c6ccc(-c7cccc(-c8cccc(-c9ccccc9)c8)c7)cc6)cc5)ccc43)cc2)cc1. The van der Waals surface area contributed by atoms with Gasteiger partial charge in [-0.2, -0.15) is 0 Å². The smallest absolute Gasteiger partial charge is 0.0541 e. The Labute approximate surface area is 395 Å². The maximum atomic E-state index is 2.41. The van der Waals surface area contributed by atoms with Crippen LogP contribution in [0.2, 0.25) is 0 Å². The van der Waals surface area contributed by atoms with E-state index in [4.69, 9.17) is 0 Å².